The molecule has 1 heterocycles. The first-order chi connectivity index (χ1) is 7.26. The summed E-state index contributed by atoms with van der Waals surface area (Å²) in [6.07, 6.45) is 3.68. The van der Waals surface area contributed by atoms with Crippen molar-refractivity contribution in [3.8, 4) is 0 Å². The van der Waals surface area contributed by atoms with Crippen LogP contribution in [0.25, 0.3) is 0 Å². The van der Waals surface area contributed by atoms with E-state index >= 15 is 0 Å². The molecule has 0 fully saturated rings. The van der Waals surface area contributed by atoms with Crippen LogP contribution in [-0.4, -0.2) is 12.1 Å². The van der Waals surface area contributed by atoms with Crippen LogP contribution in [0.1, 0.15) is 38.2 Å². The van der Waals surface area contributed by atoms with E-state index < -0.39 is 0 Å². The smallest absolute Gasteiger partial charge is 0.240 e. The second kappa shape index (κ2) is 6.01. The topological polar surface area (TPSA) is 54.6 Å². The SMILES string of the molecule is CCCC(=O)NN=Cc1ccc(CC)o1. The van der Waals surface area contributed by atoms with Crippen molar-refractivity contribution in [3.63, 3.8) is 0 Å². The molecule has 0 atom stereocenters. The van der Waals surface area contributed by atoms with Crippen molar-refractivity contribution in [2.24, 2.45) is 5.10 Å². The molecule has 0 spiro atoms. The highest BCUT2D eigenvalue weighted by molar-refractivity contribution is 5.80. The van der Waals surface area contributed by atoms with Gasteiger partial charge in [-0.2, -0.15) is 5.10 Å². The minimum absolute atomic E-state index is 0.0731. The lowest BCUT2D eigenvalue weighted by atomic mass is 10.3. The molecule has 1 rings (SSSR count). The number of hydrazone groups is 1. The molecule has 1 aromatic rings. The van der Waals surface area contributed by atoms with Gasteiger partial charge in [0, 0.05) is 12.8 Å². The molecule has 0 saturated heterocycles. The van der Waals surface area contributed by atoms with Gasteiger partial charge in [-0.1, -0.05) is 13.8 Å². The quantitative estimate of drug-likeness (QED) is 0.595. The Morgan fingerprint density at radius 2 is 2.33 bits per heavy atom. The maximum atomic E-state index is 11.0. The highest BCUT2D eigenvalue weighted by atomic mass is 16.3. The summed E-state index contributed by atoms with van der Waals surface area (Å²) >= 11 is 0. The number of hydrogen-bond donors (Lipinski definition) is 1. The number of rotatable bonds is 5. The fourth-order valence-electron chi connectivity index (χ4n) is 1.10. The highest BCUT2D eigenvalue weighted by Crippen LogP contribution is 2.05. The average molecular weight is 208 g/mol. The van der Waals surface area contributed by atoms with Crippen molar-refractivity contribution in [3.05, 3.63) is 23.7 Å². The van der Waals surface area contributed by atoms with Crippen LogP contribution in [0.4, 0.5) is 0 Å². The van der Waals surface area contributed by atoms with Gasteiger partial charge in [0.1, 0.15) is 11.5 Å². The average Bonchev–Trinajstić information content (AvgIpc) is 2.66. The molecule has 15 heavy (non-hydrogen) atoms. The van der Waals surface area contributed by atoms with Gasteiger partial charge >= 0.3 is 0 Å². The van der Waals surface area contributed by atoms with Crippen LogP contribution >= 0.6 is 0 Å². The zero-order valence-corrected chi connectivity index (χ0v) is 9.12. The number of carbonyl (C=O) groups excluding carboxylic acids is 1. The minimum Gasteiger partial charge on any atom is -0.460 e. The lowest BCUT2D eigenvalue weighted by Gasteiger charge is -1.94. The first-order valence-corrected chi connectivity index (χ1v) is 5.16. The minimum atomic E-state index is -0.0731. The first kappa shape index (κ1) is 11.5. The summed E-state index contributed by atoms with van der Waals surface area (Å²) in [4.78, 5) is 11.0. The number of nitrogens with one attached hydrogen (secondary N) is 1. The Morgan fingerprint density at radius 3 is 2.93 bits per heavy atom. The van der Waals surface area contributed by atoms with Crippen molar-refractivity contribution in [1.82, 2.24) is 5.43 Å². The van der Waals surface area contributed by atoms with E-state index in [4.69, 9.17) is 4.42 Å². The summed E-state index contributed by atoms with van der Waals surface area (Å²) in [5.74, 6) is 1.50. The molecule has 0 bridgehead atoms. The molecule has 1 aromatic heterocycles. The van der Waals surface area contributed by atoms with E-state index in [9.17, 15) is 4.79 Å². The van der Waals surface area contributed by atoms with Gasteiger partial charge in [0.25, 0.3) is 0 Å². The molecule has 4 heteroatoms. The maximum Gasteiger partial charge on any atom is 0.240 e. The standard InChI is InChI=1S/C11H16N2O2/c1-3-5-11(14)13-12-8-10-7-6-9(4-2)15-10/h6-8H,3-5H2,1-2H3,(H,13,14). The van der Waals surface area contributed by atoms with E-state index in [0.717, 1.165) is 18.6 Å². The van der Waals surface area contributed by atoms with Crippen LogP contribution in [0.5, 0.6) is 0 Å². The normalized spacial score (nSPS) is 10.8. The Hall–Kier alpha value is -1.58. The molecule has 0 aromatic carbocycles. The van der Waals surface area contributed by atoms with Crippen molar-refractivity contribution < 1.29 is 9.21 Å². The number of amides is 1. The number of furan rings is 1. The fraction of sp³-hybridized carbons (Fsp3) is 0.455. The van der Waals surface area contributed by atoms with E-state index in [1.165, 1.54) is 6.21 Å². The number of nitrogens with zero attached hydrogens (tertiary/aromatic N) is 1. The molecule has 0 aliphatic heterocycles. The van der Waals surface area contributed by atoms with Crippen LogP contribution in [-0.2, 0) is 11.2 Å². The second-order valence-corrected chi connectivity index (χ2v) is 3.20. The Bertz CT molecular complexity index is 342. The molecule has 0 radical (unpaired) electrons. The molecule has 0 aliphatic rings. The molecular formula is C11H16N2O2. The van der Waals surface area contributed by atoms with Gasteiger partial charge in [0.2, 0.25) is 5.91 Å². The van der Waals surface area contributed by atoms with Crippen LogP contribution in [0.15, 0.2) is 21.7 Å². The fourth-order valence-corrected chi connectivity index (χ4v) is 1.10. The highest BCUT2D eigenvalue weighted by Gasteiger charge is 1.98. The van der Waals surface area contributed by atoms with Gasteiger partial charge in [0.05, 0.1) is 6.21 Å². The molecule has 4 nitrogen and oxygen atoms in total. The van der Waals surface area contributed by atoms with Crippen molar-refractivity contribution >= 4 is 12.1 Å². The monoisotopic (exact) mass is 208 g/mol. The Labute approximate surface area is 89.4 Å². The van der Waals surface area contributed by atoms with Gasteiger partial charge in [-0.25, -0.2) is 5.43 Å². The third-order valence-electron chi connectivity index (χ3n) is 1.89. The summed E-state index contributed by atoms with van der Waals surface area (Å²) in [7, 11) is 0. The largest absolute Gasteiger partial charge is 0.460 e. The predicted molar refractivity (Wildman–Crippen MR) is 58.7 cm³/mol. The molecule has 82 valence electrons. The van der Waals surface area contributed by atoms with Crippen molar-refractivity contribution in [1.29, 1.82) is 0 Å². The zero-order valence-electron chi connectivity index (χ0n) is 9.12. The number of hydrogen-bond acceptors (Lipinski definition) is 3. The molecule has 1 amide bonds. The predicted octanol–water partition coefficient (Wildman–Crippen LogP) is 2.09. The van der Waals surface area contributed by atoms with Crippen LogP contribution in [0.3, 0.4) is 0 Å². The second-order valence-electron chi connectivity index (χ2n) is 3.20. The summed E-state index contributed by atoms with van der Waals surface area (Å²) in [6, 6.07) is 3.73. The third-order valence-corrected chi connectivity index (χ3v) is 1.89. The lowest BCUT2D eigenvalue weighted by molar-refractivity contribution is -0.121. The summed E-state index contributed by atoms with van der Waals surface area (Å²) in [6.45, 7) is 3.96. The number of aryl methyl sites for hydroxylation is 1. The zero-order chi connectivity index (χ0) is 11.1. The molecular weight excluding hydrogens is 192 g/mol. The number of carbonyl (C=O) groups is 1. The van der Waals surface area contributed by atoms with Gasteiger partial charge in [-0.3, -0.25) is 4.79 Å². The molecule has 1 N–H and O–H groups in total. The first-order valence-electron chi connectivity index (χ1n) is 5.16. The summed E-state index contributed by atoms with van der Waals surface area (Å²) in [5.41, 5.74) is 2.43. The van der Waals surface area contributed by atoms with E-state index in [0.29, 0.717) is 12.2 Å². The van der Waals surface area contributed by atoms with Crippen molar-refractivity contribution in [2.45, 2.75) is 33.1 Å². The summed E-state index contributed by atoms with van der Waals surface area (Å²) < 4.78 is 5.37. The van der Waals surface area contributed by atoms with Crippen LogP contribution < -0.4 is 5.43 Å². The van der Waals surface area contributed by atoms with E-state index in [1.54, 1.807) is 0 Å². The van der Waals surface area contributed by atoms with Gasteiger partial charge in [0.15, 0.2) is 0 Å². The Balaban J connectivity index is 2.40. The van der Waals surface area contributed by atoms with Crippen molar-refractivity contribution in [2.75, 3.05) is 0 Å². The van der Waals surface area contributed by atoms with Crippen LogP contribution in [0.2, 0.25) is 0 Å². The van der Waals surface area contributed by atoms with Gasteiger partial charge < -0.3 is 4.42 Å². The lowest BCUT2D eigenvalue weighted by Crippen LogP contribution is -2.16. The van der Waals surface area contributed by atoms with Gasteiger partial charge in [-0.15, -0.1) is 0 Å². The van der Waals surface area contributed by atoms with Crippen LogP contribution in [0, 0.1) is 0 Å². The van der Waals surface area contributed by atoms with E-state index in [1.807, 2.05) is 26.0 Å². The van der Waals surface area contributed by atoms with E-state index in [-0.39, 0.29) is 5.91 Å². The molecule has 0 saturated carbocycles. The van der Waals surface area contributed by atoms with E-state index in [2.05, 4.69) is 10.5 Å². The summed E-state index contributed by atoms with van der Waals surface area (Å²) in [5, 5.41) is 3.79. The molecule has 0 unspecified atom stereocenters. The molecule has 0 aliphatic carbocycles. The Kier molecular flexibility index (Phi) is 4.60. The third kappa shape index (κ3) is 3.97. The van der Waals surface area contributed by atoms with Gasteiger partial charge in [-0.05, 0) is 18.6 Å². The maximum absolute atomic E-state index is 11.0. The Morgan fingerprint density at radius 1 is 1.53 bits per heavy atom.